The summed E-state index contributed by atoms with van der Waals surface area (Å²) in [5.74, 6) is 0. The molecule has 4 rings (SSSR count). The molecular formula is C17H27N2O4S+. The molecule has 0 radical (unpaired) electrons. The van der Waals surface area contributed by atoms with Gasteiger partial charge in [-0.15, -0.1) is 0 Å². The van der Waals surface area contributed by atoms with Crippen molar-refractivity contribution in [2.24, 2.45) is 0 Å². The van der Waals surface area contributed by atoms with Crippen LogP contribution in [0.5, 0.6) is 0 Å². The molecule has 3 saturated heterocycles. The number of ether oxygens (including phenoxy) is 1. The first-order valence-corrected chi connectivity index (χ1v) is 9.93. The summed E-state index contributed by atoms with van der Waals surface area (Å²) < 4.78 is 36.9. The van der Waals surface area contributed by atoms with Crippen LogP contribution in [0.4, 0.5) is 0 Å². The van der Waals surface area contributed by atoms with Gasteiger partial charge < -0.3 is 9.22 Å². The Bertz CT molecular complexity index is 652. The van der Waals surface area contributed by atoms with Crippen molar-refractivity contribution in [2.75, 3.05) is 53.0 Å². The molecule has 1 unspecified atom stereocenters. The van der Waals surface area contributed by atoms with E-state index in [2.05, 4.69) is 4.90 Å². The van der Waals surface area contributed by atoms with E-state index in [1.807, 2.05) is 6.92 Å². The average Bonchev–Trinajstić information content (AvgIpc) is 2.56. The minimum atomic E-state index is -3.73. The summed E-state index contributed by atoms with van der Waals surface area (Å²) in [5, 5.41) is 0. The van der Waals surface area contributed by atoms with Gasteiger partial charge in [0.1, 0.15) is 6.54 Å². The molecule has 2 bridgehead atoms. The number of methoxy groups -OCH3 is 1. The van der Waals surface area contributed by atoms with Gasteiger partial charge in [-0.25, -0.2) is 4.18 Å². The van der Waals surface area contributed by atoms with Crippen molar-refractivity contribution in [3.05, 3.63) is 29.8 Å². The van der Waals surface area contributed by atoms with Crippen molar-refractivity contribution >= 4 is 10.1 Å². The van der Waals surface area contributed by atoms with E-state index < -0.39 is 10.1 Å². The van der Waals surface area contributed by atoms with Crippen molar-refractivity contribution in [3.63, 3.8) is 0 Å². The monoisotopic (exact) mass is 355 g/mol. The maximum absolute atomic E-state index is 12.6. The van der Waals surface area contributed by atoms with Gasteiger partial charge in [-0.2, -0.15) is 8.42 Å². The van der Waals surface area contributed by atoms with Crippen LogP contribution in [-0.4, -0.2) is 77.0 Å². The third-order valence-electron chi connectivity index (χ3n) is 5.20. The minimum Gasteiger partial charge on any atom is -0.384 e. The summed E-state index contributed by atoms with van der Waals surface area (Å²) in [6, 6.07) is 6.83. The molecule has 0 saturated carbocycles. The van der Waals surface area contributed by atoms with Crippen LogP contribution < -0.4 is 0 Å². The molecule has 0 spiro atoms. The number of quaternary nitrogens is 1. The molecule has 1 atom stereocenters. The number of fused-ring (bicyclic) bond motifs is 3. The Hall–Kier alpha value is -0.990. The SMILES string of the molecule is COCCC[N+]12CCN(CC1)C(OS(=O)(=O)c1ccc(C)cc1)C2. The molecule has 134 valence electrons. The molecule has 3 fully saturated rings. The van der Waals surface area contributed by atoms with E-state index in [-0.39, 0.29) is 11.1 Å². The van der Waals surface area contributed by atoms with Crippen LogP contribution in [0, 0.1) is 6.92 Å². The molecular weight excluding hydrogens is 328 g/mol. The summed E-state index contributed by atoms with van der Waals surface area (Å²) in [4.78, 5) is 2.39. The van der Waals surface area contributed by atoms with Crippen LogP contribution >= 0.6 is 0 Å². The van der Waals surface area contributed by atoms with Crippen LogP contribution in [0.15, 0.2) is 29.2 Å². The van der Waals surface area contributed by atoms with Gasteiger partial charge >= 0.3 is 0 Å². The van der Waals surface area contributed by atoms with Crippen molar-refractivity contribution in [1.82, 2.24) is 4.90 Å². The van der Waals surface area contributed by atoms with E-state index >= 15 is 0 Å². The lowest BCUT2D eigenvalue weighted by Crippen LogP contribution is -2.71. The zero-order valence-electron chi connectivity index (χ0n) is 14.5. The second-order valence-corrected chi connectivity index (χ2v) is 8.47. The molecule has 6 nitrogen and oxygen atoms in total. The van der Waals surface area contributed by atoms with E-state index in [1.54, 1.807) is 31.4 Å². The Labute approximate surface area is 144 Å². The quantitative estimate of drug-likeness (QED) is 0.418. The summed E-state index contributed by atoms with van der Waals surface area (Å²) in [6.07, 6.45) is 0.634. The fraction of sp³-hybridized carbons (Fsp3) is 0.647. The van der Waals surface area contributed by atoms with Crippen LogP contribution in [-0.2, 0) is 19.0 Å². The standard InChI is InChI=1S/C17H27N2O4S/c1-15-4-6-16(7-5-15)24(20,21)23-17-14-19(10-3-13-22-2)11-8-18(17)9-12-19/h4-7,17H,3,8-14H2,1-2H3/q+1. The Morgan fingerprint density at radius 1 is 1.21 bits per heavy atom. The second-order valence-electron chi connectivity index (χ2n) is 6.90. The maximum Gasteiger partial charge on any atom is 0.298 e. The maximum atomic E-state index is 12.6. The molecule has 1 aromatic rings. The number of hydrogen-bond donors (Lipinski definition) is 0. The highest BCUT2D eigenvalue weighted by Gasteiger charge is 2.46. The molecule has 1 aromatic carbocycles. The first-order chi connectivity index (χ1) is 11.4. The van der Waals surface area contributed by atoms with E-state index in [4.69, 9.17) is 8.92 Å². The second kappa shape index (κ2) is 7.09. The van der Waals surface area contributed by atoms with Gasteiger partial charge in [-0.1, -0.05) is 17.7 Å². The van der Waals surface area contributed by atoms with Crippen molar-refractivity contribution in [2.45, 2.75) is 24.5 Å². The average molecular weight is 355 g/mol. The van der Waals surface area contributed by atoms with E-state index in [1.165, 1.54) is 0 Å². The van der Waals surface area contributed by atoms with Gasteiger partial charge in [0.2, 0.25) is 0 Å². The highest BCUT2D eigenvalue weighted by molar-refractivity contribution is 7.86. The number of aryl methyl sites for hydroxylation is 1. The lowest BCUT2D eigenvalue weighted by molar-refractivity contribution is -0.947. The fourth-order valence-electron chi connectivity index (χ4n) is 3.68. The lowest BCUT2D eigenvalue weighted by atomic mass is 10.1. The summed E-state index contributed by atoms with van der Waals surface area (Å²) in [7, 11) is -2.01. The van der Waals surface area contributed by atoms with Gasteiger partial charge in [0.25, 0.3) is 10.1 Å². The van der Waals surface area contributed by atoms with Crippen LogP contribution in [0.2, 0.25) is 0 Å². The van der Waals surface area contributed by atoms with Gasteiger partial charge in [0.05, 0.1) is 44.2 Å². The van der Waals surface area contributed by atoms with Crippen molar-refractivity contribution in [1.29, 1.82) is 0 Å². The highest BCUT2D eigenvalue weighted by Crippen LogP contribution is 2.28. The molecule has 7 heteroatoms. The fourth-order valence-corrected chi connectivity index (χ4v) is 4.73. The molecule has 0 amide bonds. The van der Waals surface area contributed by atoms with Crippen molar-refractivity contribution in [3.8, 4) is 0 Å². The predicted octanol–water partition coefficient (Wildman–Crippen LogP) is 1.21. The third kappa shape index (κ3) is 3.81. The number of benzene rings is 1. The number of hydrogen-bond acceptors (Lipinski definition) is 5. The Morgan fingerprint density at radius 2 is 1.88 bits per heavy atom. The summed E-state index contributed by atoms with van der Waals surface area (Å²) in [5.41, 5.74) is 1.03. The van der Waals surface area contributed by atoms with Crippen LogP contribution in [0.25, 0.3) is 0 Å². The van der Waals surface area contributed by atoms with Gasteiger partial charge in [-0.3, -0.25) is 4.90 Å². The van der Waals surface area contributed by atoms with Gasteiger partial charge in [0.15, 0.2) is 6.23 Å². The normalized spacial score (nSPS) is 29.8. The molecule has 24 heavy (non-hydrogen) atoms. The Morgan fingerprint density at radius 3 is 2.50 bits per heavy atom. The smallest absolute Gasteiger partial charge is 0.298 e. The van der Waals surface area contributed by atoms with Crippen molar-refractivity contribution < 1.29 is 21.8 Å². The van der Waals surface area contributed by atoms with Crippen LogP contribution in [0.3, 0.4) is 0 Å². The number of rotatable bonds is 7. The molecule has 3 aliphatic rings. The predicted molar refractivity (Wildman–Crippen MR) is 91.0 cm³/mol. The van der Waals surface area contributed by atoms with E-state index in [0.29, 0.717) is 0 Å². The van der Waals surface area contributed by atoms with Gasteiger partial charge in [0, 0.05) is 13.5 Å². The summed E-state index contributed by atoms with van der Waals surface area (Å²) >= 11 is 0. The molecule has 0 aromatic heterocycles. The van der Waals surface area contributed by atoms with E-state index in [9.17, 15) is 8.42 Å². The molecule has 0 N–H and O–H groups in total. The zero-order valence-corrected chi connectivity index (χ0v) is 15.3. The van der Waals surface area contributed by atoms with E-state index in [0.717, 1.165) is 62.3 Å². The molecule has 3 heterocycles. The number of piperazine rings is 3. The first kappa shape index (κ1) is 17.8. The number of nitrogens with zero attached hydrogens (tertiary/aromatic N) is 2. The van der Waals surface area contributed by atoms with Crippen LogP contribution in [0.1, 0.15) is 12.0 Å². The first-order valence-electron chi connectivity index (χ1n) is 8.52. The zero-order chi connectivity index (χ0) is 17.2. The molecule has 3 aliphatic heterocycles. The summed E-state index contributed by atoms with van der Waals surface area (Å²) in [6.45, 7) is 8.34. The third-order valence-corrected chi connectivity index (χ3v) is 6.53. The lowest BCUT2D eigenvalue weighted by Gasteiger charge is -2.53. The Kier molecular flexibility index (Phi) is 5.27. The Balaban J connectivity index is 1.69. The highest BCUT2D eigenvalue weighted by atomic mass is 32.2. The van der Waals surface area contributed by atoms with Gasteiger partial charge in [-0.05, 0) is 19.1 Å². The molecule has 0 aliphatic carbocycles. The minimum absolute atomic E-state index is 0.233. The topological polar surface area (TPSA) is 55.8 Å². The largest absolute Gasteiger partial charge is 0.384 e.